The Balaban J connectivity index is 2.74. The van der Waals surface area contributed by atoms with Gasteiger partial charge in [-0.1, -0.05) is 17.7 Å². The van der Waals surface area contributed by atoms with Crippen molar-refractivity contribution < 1.29 is 0 Å². The van der Waals surface area contributed by atoms with E-state index in [4.69, 9.17) is 0 Å². The maximum absolute atomic E-state index is 3.77. The molecule has 1 heterocycles. The van der Waals surface area contributed by atoms with Crippen molar-refractivity contribution in [3.8, 4) is 0 Å². The Bertz CT molecular complexity index is 246. The number of rotatable bonds is 3. The van der Waals surface area contributed by atoms with Crippen LogP contribution in [0.25, 0.3) is 0 Å². The average Bonchev–Trinajstić information content (AvgIpc) is 1.94. The lowest BCUT2D eigenvalue weighted by atomic mass is 9.82. The van der Waals surface area contributed by atoms with E-state index in [2.05, 4.69) is 45.7 Å². The highest BCUT2D eigenvalue weighted by Crippen LogP contribution is 2.29. The van der Waals surface area contributed by atoms with Crippen LogP contribution in [0.1, 0.15) is 47.0 Å². The first-order valence-electron chi connectivity index (χ1n) is 5.45. The van der Waals surface area contributed by atoms with Crippen molar-refractivity contribution >= 4 is 0 Å². The van der Waals surface area contributed by atoms with Gasteiger partial charge in [-0.3, -0.25) is 0 Å². The molecule has 0 aromatic rings. The van der Waals surface area contributed by atoms with Crippen LogP contribution in [0.15, 0.2) is 24.3 Å². The molecule has 0 radical (unpaired) electrons. The minimum Gasteiger partial charge on any atom is -0.303 e. The van der Waals surface area contributed by atoms with Crippen LogP contribution < -0.4 is 5.32 Å². The third-order valence-corrected chi connectivity index (χ3v) is 2.56. The highest BCUT2D eigenvalue weighted by atomic mass is 15.0. The molecule has 0 aromatic carbocycles. The molecule has 1 aliphatic heterocycles. The Morgan fingerprint density at radius 2 is 2.07 bits per heavy atom. The molecule has 80 valence electrons. The topological polar surface area (TPSA) is 12.0 Å². The van der Waals surface area contributed by atoms with E-state index in [-0.39, 0.29) is 11.1 Å². The molecule has 0 saturated carbocycles. The molecular formula is C13H23N. The van der Waals surface area contributed by atoms with Crippen LogP contribution in [-0.4, -0.2) is 11.1 Å². The van der Waals surface area contributed by atoms with Crippen molar-refractivity contribution in [2.24, 2.45) is 0 Å². The molecule has 0 spiro atoms. The average molecular weight is 193 g/mol. The summed E-state index contributed by atoms with van der Waals surface area (Å²) in [5, 5.41) is 3.64. The molecule has 0 unspecified atom stereocenters. The summed E-state index contributed by atoms with van der Waals surface area (Å²) in [6.45, 7) is 12.8. The van der Waals surface area contributed by atoms with Gasteiger partial charge in [0.15, 0.2) is 0 Å². The largest absolute Gasteiger partial charge is 0.303 e. The smallest absolute Gasteiger partial charge is 0.0314 e. The SMILES string of the molecule is C=CCCC1=CC(C)(C)NC(C)(C)C1. The molecule has 1 nitrogen and oxygen atoms in total. The second-order valence-corrected chi connectivity index (χ2v) is 5.54. The van der Waals surface area contributed by atoms with Crippen LogP contribution in [0, 0.1) is 0 Å². The molecule has 0 amide bonds. The third-order valence-electron chi connectivity index (χ3n) is 2.56. The Hall–Kier alpha value is -0.560. The first-order valence-corrected chi connectivity index (χ1v) is 5.45. The molecule has 1 rings (SSSR count). The molecule has 1 N–H and O–H groups in total. The van der Waals surface area contributed by atoms with Gasteiger partial charge in [0.25, 0.3) is 0 Å². The van der Waals surface area contributed by atoms with Crippen LogP contribution in [0.5, 0.6) is 0 Å². The van der Waals surface area contributed by atoms with Gasteiger partial charge in [-0.05, 0) is 47.0 Å². The zero-order chi connectivity index (χ0) is 10.8. The van der Waals surface area contributed by atoms with Gasteiger partial charge in [-0.2, -0.15) is 0 Å². The van der Waals surface area contributed by atoms with Gasteiger partial charge in [0, 0.05) is 11.1 Å². The Kier molecular flexibility index (Phi) is 3.20. The summed E-state index contributed by atoms with van der Waals surface area (Å²) in [6.07, 6.45) is 7.80. The highest BCUT2D eigenvalue weighted by molar-refractivity contribution is 5.20. The normalized spacial score (nSPS) is 24.1. The zero-order valence-electron chi connectivity index (χ0n) is 9.98. The van der Waals surface area contributed by atoms with Gasteiger partial charge in [-0.15, -0.1) is 6.58 Å². The van der Waals surface area contributed by atoms with Gasteiger partial charge >= 0.3 is 0 Å². The lowest BCUT2D eigenvalue weighted by Gasteiger charge is -2.41. The van der Waals surface area contributed by atoms with Crippen molar-refractivity contribution in [3.63, 3.8) is 0 Å². The summed E-state index contributed by atoms with van der Waals surface area (Å²) < 4.78 is 0. The van der Waals surface area contributed by atoms with E-state index in [1.165, 1.54) is 0 Å². The van der Waals surface area contributed by atoms with Gasteiger partial charge in [0.2, 0.25) is 0 Å². The van der Waals surface area contributed by atoms with Crippen molar-refractivity contribution in [2.45, 2.75) is 58.0 Å². The Labute approximate surface area is 88.3 Å². The van der Waals surface area contributed by atoms with E-state index in [1.54, 1.807) is 5.57 Å². The van der Waals surface area contributed by atoms with Crippen LogP contribution in [0.4, 0.5) is 0 Å². The minimum absolute atomic E-state index is 0.137. The maximum atomic E-state index is 3.77. The monoisotopic (exact) mass is 193 g/mol. The fraction of sp³-hybridized carbons (Fsp3) is 0.692. The second kappa shape index (κ2) is 3.90. The van der Waals surface area contributed by atoms with Crippen LogP contribution in [0.3, 0.4) is 0 Å². The second-order valence-electron chi connectivity index (χ2n) is 5.54. The summed E-state index contributed by atoms with van der Waals surface area (Å²) in [4.78, 5) is 0. The molecule has 1 aliphatic rings. The first kappa shape index (κ1) is 11.5. The van der Waals surface area contributed by atoms with Crippen LogP contribution in [0.2, 0.25) is 0 Å². The van der Waals surface area contributed by atoms with E-state index in [0.29, 0.717) is 0 Å². The zero-order valence-corrected chi connectivity index (χ0v) is 9.98. The molecule has 0 aromatic heterocycles. The van der Waals surface area contributed by atoms with Crippen LogP contribution >= 0.6 is 0 Å². The summed E-state index contributed by atoms with van der Waals surface area (Å²) in [5.41, 5.74) is 1.94. The highest BCUT2D eigenvalue weighted by Gasteiger charge is 2.31. The minimum atomic E-state index is 0.137. The molecule has 0 aliphatic carbocycles. The summed E-state index contributed by atoms with van der Waals surface area (Å²) in [6, 6.07) is 0. The fourth-order valence-electron chi connectivity index (χ4n) is 2.53. The number of allylic oxidation sites excluding steroid dienone is 1. The summed E-state index contributed by atoms with van der Waals surface area (Å²) in [5.74, 6) is 0. The molecule has 0 bridgehead atoms. The van der Waals surface area contributed by atoms with E-state index in [9.17, 15) is 0 Å². The van der Waals surface area contributed by atoms with E-state index in [1.807, 2.05) is 6.08 Å². The number of hydrogen-bond donors (Lipinski definition) is 1. The molecule has 0 atom stereocenters. The van der Waals surface area contributed by atoms with Crippen molar-refractivity contribution in [1.82, 2.24) is 5.32 Å². The fourth-order valence-corrected chi connectivity index (χ4v) is 2.53. The molecule has 1 heteroatoms. The lowest BCUT2D eigenvalue weighted by Crippen LogP contribution is -2.54. The van der Waals surface area contributed by atoms with Gasteiger partial charge in [0.05, 0.1) is 0 Å². The van der Waals surface area contributed by atoms with Gasteiger partial charge < -0.3 is 5.32 Å². The lowest BCUT2D eigenvalue weighted by molar-refractivity contribution is 0.280. The predicted octanol–water partition coefficient (Wildman–Crippen LogP) is 3.43. The van der Waals surface area contributed by atoms with Crippen molar-refractivity contribution in [1.29, 1.82) is 0 Å². The maximum Gasteiger partial charge on any atom is 0.0314 e. The van der Waals surface area contributed by atoms with E-state index in [0.717, 1.165) is 19.3 Å². The number of hydrogen-bond acceptors (Lipinski definition) is 1. The van der Waals surface area contributed by atoms with E-state index >= 15 is 0 Å². The summed E-state index contributed by atoms with van der Waals surface area (Å²) >= 11 is 0. The predicted molar refractivity (Wildman–Crippen MR) is 63.4 cm³/mol. The third kappa shape index (κ3) is 3.30. The molecule has 0 saturated heterocycles. The molecular weight excluding hydrogens is 170 g/mol. The van der Waals surface area contributed by atoms with E-state index < -0.39 is 0 Å². The van der Waals surface area contributed by atoms with Crippen molar-refractivity contribution in [2.75, 3.05) is 0 Å². The molecule has 14 heavy (non-hydrogen) atoms. The Morgan fingerprint density at radius 3 is 2.57 bits per heavy atom. The van der Waals surface area contributed by atoms with Crippen molar-refractivity contribution in [3.05, 3.63) is 24.3 Å². The Morgan fingerprint density at radius 1 is 1.43 bits per heavy atom. The number of nitrogens with one attached hydrogen (secondary N) is 1. The standard InChI is InChI=1S/C13H23N/c1-6-7-8-11-9-12(2,3)14-13(4,5)10-11/h6,9,14H,1,7-8,10H2,2-5H3. The quantitative estimate of drug-likeness (QED) is 0.677. The van der Waals surface area contributed by atoms with Gasteiger partial charge in [0.1, 0.15) is 0 Å². The van der Waals surface area contributed by atoms with Gasteiger partial charge in [-0.25, -0.2) is 0 Å². The summed E-state index contributed by atoms with van der Waals surface area (Å²) in [7, 11) is 0. The molecule has 0 fully saturated rings. The van der Waals surface area contributed by atoms with Crippen LogP contribution in [-0.2, 0) is 0 Å². The first-order chi connectivity index (χ1) is 6.35.